The topological polar surface area (TPSA) is 84.9 Å². The molecule has 2 aromatic rings. The highest BCUT2D eigenvalue weighted by molar-refractivity contribution is 5.79. The average Bonchev–Trinajstić information content (AvgIpc) is 3.09. The fourth-order valence-corrected chi connectivity index (χ4v) is 5.41. The van der Waals surface area contributed by atoms with E-state index in [-0.39, 0.29) is 23.4 Å². The van der Waals surface area contributed by atoms with Gasteiger partial charge < -0.3 is 19.9 Å². The molecular formula is C25H27NO5. The Hall–Kier alpha value is -2.86. The number of alkyl carbamates (subject to hydrolysis) is 1. The molecule has 3 aliphatic rings. The van der Waals surface area contributed by atoms with E-state index in [4.69, 9.17) is 14.6 Å². The number of hydrogen-bond donors (Lipinski definition) is 2. The Balaban J connectivity index is 1.10. The Morgan fingerprint density at radius 1 is 1.06 bits per heavy atom. The van der Waals surface area contributed by atoms with Crippen molar-refractivity contribution in [3.8, 4) is 11.1 Å². The van der Waals surface area contributed by atoms with Gasteiger partial charge in [0.1, 0.15) is 6.61 Å². The van der Waals surface area contributed by atoms with Crippen LogP contribution < -0.4 is 5.32 Å². The summed E-state index contributed by atoms with van der Waals surface area (Å²) in [7, 11) is 0. The third-order valence-electron chi connectivity index (χ3n) is 7.15. The lowest BCUT2D eigenvalue weighted by Gasteiger charge is -2.49. The summed E-state index contributed by atoms with van der Waals surface area (Å²) < 4.78 is 11.5. The first-order chi connectivity index (χ1) is 15.0. The molecule has 1 saturated carbocycles. The Kier molecular flexibility index (Phi) is 5.18. The maximum Gasteiger partial charge on any atom is 0.407 e. The van der Waals surface area contributed by atoms with E-state index in [0.29, 0.717) is 32.6 Å². The van der Waals surface area contributed by atoms with Gasteiger partial charge in [0, 0.05) is 12.5 Å². The quantitative estimate of drug-likeness (QED) is 0.756. The van der Waals surface area contributed by atoms with E-state index < -0.39 is 12.1 Å². The van der Waals surface area contributed by atoms with Crippen LogP contribution in [0.2, 0.25) is 0 Å². The van der Waals surface area contributed by atoms with Gasteiger partial charge in [-0.2, -0.15) is 0 Å². The Morgan fingerprint density at radius 3 is 2.29 bits per heavy atom. The van der Waals surface area contributed by atoms with Gasteiger partial charge in [0.05, 0.1) is 18.6 Å². The zero-order valence-electron chi connectivity index (χ0n) is 17.4. The number of carbonyl (C=O) groups is 2. The molecule has 5 rings (SSSR count). The number of carbonyl (C=O) groups excluding carboxylic acids is 1. The molecule has 2 aromatic carbocycles. The van der Waals surface area contributed by atoms with Crippen LogP contribution in [0, 0.1) is 11.3 Å². The second kappa shape index (κ2) is 8.00. The zero-order chi connectivity index (χ0) is 21.4. The van der Waals surface area contributed by atoms with Crippen LogP contribution >= 0.6 is 0 Å². The van der Waals surface area contributed by atoms with Crippen molar-refractivity contribution < 1.29 is 24.2 Å². The van der Waals surface area contributed by atoms with E-state index in [1.165, 1.54) is 22.3 Å². The van der Waals surface area contributed by atoms with Gasteiger partial charge in [-0.25, -0.2) is 4.79 Å². The molecule has 1 aliphatic heterocycles. The molecule has 2 aliphatic carbocycles. The predicted octanol–water partition coefficient (Wildman–Crippen LogP) is 4.19. The van der Waals surface area contributed by atoms with E-state index in [9.17, 15) is 9.59 Å². The summed E-state index contributed by atoms with van der Waals surface area (Å²) >= 11 is 0. The van der Waals surface area contributed by atoms with Crippen LogP contribution in [0.4, 0.5) is 4.79 Å². The lowest BCUT2D eigenvalue weighted by Crippen LogP contribution is -2.49. The van der Waals surface area contributed by atoms with Crippen LogP contribution in [0.15, 0.2) is 48.5 Å². The first kappa shape index (κ1) is 20.1. The van der Waals surface area contributed by atoms with Gasteiger partial charge in [-0.15, -0.1) is 0 Å². The van der Waals surface area contributed by atoms with Crippen LogP contribution in [0.3, 0.4) is 0 Å². The van der Waals surface area contributed by atoms with Crippen molar-refractivity contribution >= 4 is 12.1 Å². The van der Waals surface area contributed by atoms with Crippen molar-refractivity contribution in [2.45, 2.75) is 37.7 Å². The van der Waals surface area contributed by atoms with E-state index in [2.05, 4.69) is 29.6 Å². The number of fused-ring (bicyclic) bond motifs is 3. The number of amides is 1. The maximum absolute atomic E-state index is 12.3. The second-order valence-electron chi connectivity index (χ2n) is 9.12. The minimum atomic E-state index is -0.704. The molecule has 1 spiro atoms. The highest BCUT2D eigenvalue weighted by Crippen LogP contribution is 2.51. The molecular weight excluding hydrogens is 394 g/mol. The van der Waals surface area contributed by atoms with Crippen molar-refractivity contribution in [1.82, 2.24) is 5.32 Å². The van der Waals surface area contributed by atoms with Crippen molar-refractivity contribution in [3.63, 3.8) is 0 Å². The first-order valence-electron chi connectivity index (χ1n) is 11.0. The molecule has 1 saturated heterocycles. The summed E-state index contributed by atoms with van der Waals surface area (Å²) in [6, 6.07) is 16.5. The lowest BCUT2D eigenvalue weighted by molar-refractivity contribution is -0.161. The van der Waals surface area contributed by atoms with Crippen molar-refractivity contribution in [3.05, 3.63) is 59.7 Å². The number of carboxylic acids is 1. The molecule has 6 nitrogen and oxygen atoms in total. The molecule has 31 heavy (non-hydrogen) atoms. The summed E-state index contributed by atoms with van der Waals surface area (Å²) in [6.07, 6.45) is 2.71. The normalized spacial score (nSPS) is 26.6. The van der Waals surface area contributed by atoms with Gasteiger partial charge in [-0.1, -0.05) is 48.5 Å². The Bertz CT molecular complexity index is 941. The fraction of sp³-hybridized carbons (Fsp3) is 0.440. The largest absolute Gasteiger partial charge is 0.481 e. The molecule has 6 heteroatoms. The summed E-state index contributed by atoms with van der Waals surface area (Å²) in [5.41, 5.74) is 4.83. The Morgan fingerprint density at radius 2 is 1.71 bits per heavy atom. The molecule has 1 amide bonds. The van der Waals surface area contributed by atoms with E-state index in [0.717, 1.165) is 12.8 Å². The number of carboxylic acid groups (broad SMARTS) is 1. The molecule has 0 radical (unpaired) electrons. The summed E-state index contributed by atoms with van der Waals surface area (Å²) in [5, 5.41) is 11.9. The van der Waals surface area contributed by atoms with E-state index >= 15 is 0 Å². The smallest absolute Gasteiger partial charge is 0.407 e. The monoisotopic (exact) mass is 421 g/mol. The maximum atomic E-state index is 12.3. The molecule has 1 unspecified atom stereocenters. The molecule has 1 atom stereocenters. The Labute approximate surface area is 181 Å². The lowest BCUT2D eigenvalue weighted by atomic mass is 9.59. The minimum Gasteiger partial charge on any atom is -0.481 e. The van der Waals surface area contributed by atoms with Gasteiger partial charge in [-0.3, -0.25) is 4.79 Å². The average molecular weight is 421 g/mol. The van der Waals surface area contributed by atoms with Crippen LogP contribution in [0.25, 0.3) is 11.1 Å². The van der Waals surface area contributed by atoms with Crippen LogP contribution in [-0.2, 0) is 14.3 Å². The van der Waals surface area contributed by atoms with Crippen molar-refractivity contribution in [2.75, 3.05) is 19.8 Å². The minimum absolute atomic E-state index is 0.0311. The van der Waals surface area contributed by atoms with Crippen LogP contribution in [0.1, 0.15) is 42.7 Å². The number of ether oxygens (including phenoxy) is 2. The van der Waals surface area contributed by atoms with E-state index in [1.807, 2.05) is 24.3 Å². The van der Waals surface area contributed by atoms with E-state index in [1.54, 1.807) is 0 Å². The molecule has 1 heterocycles. The molecule has 0 bridgehead atoms. The van der Waals surface area contributed by atoms with Crippen LogP contribution in [-0.4, -0.2) is 43.0 Å². The summed E-state index contributed by atoms with van der Waals surface area (Å²) in [5.74, 6) is -0.881. The number of nitrogens with one attached hydrogen (secondary N) is 1. The highest BCUT2D eigenvalue weighted by Gasteiger charge is 2.49. The number of aliphatic carboxylic acids is 1. The van der Waals surface area contributed by atoms with Crippen molar-refractivity contribution in [2.24, 2.45) is 11.3 Å². The standard InChI is InChI=1S/C25H27NO5/c27-23(28)16-11-25(12-16)10-9-17(31-15-25)13-26-24(29)30-14-22-20-7-3-1-5-18(20)19-6-2-4-8-21(19)22/h1-8,16-17,22H,9-15H2,(H,26,29)(H,27,28). The van der Waals surface area contributed by atoms with Gasteiger partial charge in [0.15, 0.2) is 0 Å². The first-order valence-corrected chi connectivity index (χ1v) is 11.0. The number of rotatable bonds is 5. The van der Waals surface area contributed by atoms with Crippen molar-refractivity contribution in [1.29, 1.82) is 0 Å². The highest BCUT2D eigenvalue weighted by atomic mass is 16.5. The molecule has 2 N–H and O–H groups in total. The summed E-state index contributed by atoms with van der Waals surface area (Å²) in [4.78, 5) is 23.4. The van der Waals surface area contributed by atoms with Gasteiger partial charge in [-0.05, 0) is 53.4 Å². The second-order valence-corrected chi connectivity index (χ2v) is 9.12. The van der Waals surface area contributed by atoms with Gasteiger partial charge in [0.25, 0.3) is 0 Å². The third-order valence-corrected chi connectivity index (χ3v) is 7.15. The molecule has 162 valence electrons. The number of benzene rings is 2. The third kappa shape index (κ3) is 3.81. The number of hydrogen-bond acceptors (Lipinski definition) is 4. The zero-order valence-corrected chi connectivity index (χ0v) is 17.4. The van der Waals surface area contributed by atoms with Gasteiger partial charge >= 0.3 is 12.1 Å². The summed E-state index contributed by atoms with van der Waals surface area (Å²) in [6.45, 7) is 1.29. The fourth-order valence-electron chi connectivity index (χ4n) is 5.41. The van der Waals surface area contributed by atoms with Gasteiger partial charge in [0.2, 0.25) is 0 Å². The SMILES string of the molecule is O=C(NCC1CCC2(CO1)CC(C(=O)O)C2)OCC1c2ccccc2-c2ccccc21. The van der Waals surface area contributed by atoms with Crippen LogP contribution in [0.5, 0.6) is 0 Å². The predicted molar refractivity (Wildman–Crippen MR) is 115 cm³/mol. The molecule has 0 aromatic heterocycles. The molecule has 2 fully saturated rings.